The maximum absolute atomic E-state index is 12.5. The van der Waals surface area contributed by atoms with Crippen LogP contribution < -0.4 is 10.9 Å². The number of rotatable bonds is 3. The summed E-state index contributed by atoms with van der Waals surface area (Å²) in [6, 6.07) is 8.72. The van der Waals surface area contributed by atoms with E-state index in [9.17, 15) is 14.9 Å². The summed E-state index contributed by atoms with van der Waals surface area (Å²) in [6.45, 7) is 0. The molecule has 12 nitrogen and oxygen atoms in total. The van der Waals surface area contributed by atoms with E-state index in [0.717, 1.165) is 0 Å². The van der Waals surface area contributed by atoms with Crippen LogP contribution in [-0.4, -0.2) is 35.3 Å². The Kier molecular flexibility index (Phi) is 3.31. The van der Waals surface area contributed by atoms with Gasteiger partial charge in [0.25, 0.3) is 11.2 Å². The zero-order valence-corrected chi connectivity index (χ0v) is 13.9. The molecule has 0 aliphatic carbocycles. The zero-order chi connectivity index (χ0) is 19.3. The van der Waals surface area contributed by atoms with Crippen LogP contribution in [0.25, 0.3) is 11.5 Å². The first-order valence-electron chi connectivity index (χ1n) is 8.09. The second kappa shape index (κ2) is 5.84. The molecule has 0 bridgehead atoms. The number of nitrogens with zero attached hydrogens (tertiary/aromatic N) is 6. The first kappa shape index (κ1) is 15.9. The summed E-state index contributed by atoms with van der Waals surface area (Å²) >= 11 is 0. The van der Waals surface area contributed by atoms with Crippen LogP contribution in [-0.2, 0) is 0 Å². The highest BCUT2D eigenvalue weighted by molar-refractivity contribution is 5.73. The molecule has 4 heterocycles. The number of non-ortho nitro benzene ring substituents is 1. The van der Waals surface area contributed by atoms with Crippen LogP contribution in [0.4, 0.5) is 17.3 Å². The molecule has 1 aliphatic heterocycles. The molecule has 28 heavy (non-hydrogen) atoms. The van der Waals surface area contributed by atoms with Gasteiger partial charge in [-0.25, -0.2) is 5.10 Å². The summed E-state index contributed by atoms with van der Waals surface area (Å²) in [4.78, 5) is 23.2. The summed E-state index contributed by atoms with van der Waals surface area (Å²) in [5.74, 6) is 0.646. The van der Waals surface area contributed by atoms with Crippen molar-refractivity contribution >= 4 is 17.3 Å². The number of nitro groups is 1. The lowest BCUT2D eigenvalue weighted by Crippen LogP contribution is -2.29. The highest BCUT2D eigenvalue weighted by atomic mass is 16.6. The van der Waals surface area contributed by atoms with E-state index in [-0.39, 0.29) is 17.3 Å². The number of tetrazole rings is 1. The molecule has 0 radical (unpaired) electrons. The van der Waals surface area contributed by atoms with E-state index in [1.807, 2.05) is 0 Å². The summed E-state index contributed by atoms with van der Waals surface area (Å²) in [7, 11) is 0. The van der Waals surface area contributed by atoms with Gasteiger partial charge in [0.15, 0.2) is 5.76 Å². The highest BCUT2D eigenvalue weighted by Gasteiger charge is 2.35. The predicted molar refractivity (Wildman–Crippen MR) is 94.0 cm³/mol. The Labute approximate surface area is 155 Å². The number of fused-ring (bicyclic) bond motifs is 2. The van der Waals surface area contributed by atoms with Crippen LogP contribution in [0.5, 0.6) is 0 Å². The number of hydrogen-bond acceptors (Lipinski definition) is 9. The van der Waals surface area contributed by atoms with Crippen LogP contribution in [0.1, 0.15) is 17.2 Å². The standard InChI is InChI=1S/C16H10N8O4/c25-15-13-11(12(18-19-15)10-5-2-6-28-10)14(23-16(17-13)20-21-22-23)8-3-1-4-9(7-8)24(26)27/h1-7,14H,(H,19,25)(H,17,20,22)/t14-/m1/s1. The molecule has 0 amide bonds. The lowest BCUT2D eigenvalue weighted by Gasteiger charge is -2.27. The Hall–Kier alpha value is -4.35. The van der Waals surface area contributed by atoms with Crippen molar-refractivity contribution in [1.82, 2.24) is 30.4 Å². The number of aromatic nitrogens is 6. The summed E-state index contributed by atoms with van der Waals surface area (Å²) in [5, 5.41) is 32.2. The Morgan fingerprint density at radius 1 is 1.25 bits per heavy atom. The second-order valence-electron chi connectivity index (χ2n) is 5.99. The fourth-order valence-corrected chi connectivity index (χ4v) is 3.26. The van der Waals surface area contributed by atoms with Crippen LogP contribution in [0.15, 0.2) is 51.9 Å². The van der Waals surface area contributed by atoms with Crippen molar-refractivity contribution in [1.29, 1.82) is 0 Å². The lowest BCUT2D eigenvalue weighted by atomic mass is 9.94. The van der Waals surface area contributed by atoms with Gasteiger partial charge in [-0.15, -0.1) is 0 Å². The largest absolute Gasteiger partial charge is 0.463 e. The van der Waals surface area contributed by atoms with E-state index in [1.54, 1.807) is 24.3 Å². The van der Waals surface area contributed by atoms with Gasteiger partial charge in [0.1, 0.15) is 17.4 Å². The van der Waals surface area contributed by atoms with Crippen molar-refractivity contribution in [3.8, 4) is 11.5 Å². The van der Waals surface area contributed by atoms with Crippen LogP contribution in [0, 0.1) is 10.1 Å². The molecular weight excluding hydrogens is 368 g/mol. The number of nitrogens with one attached hydrogen (secondary N) is 2. The first-order chi connectivity index (χ1) is 13.6. The van der Waals surface area contributed by atoms with E-state index in [0.29, 0.717) is 22.6 Å². The SMILES string of the molecule is O=c1[nH]nc(-c2ccco2)c2c1Nc1nnnn1[C@@H]2c1cccc([N+](=O)[O-])c1. The molecule has 4 aromatic rings. The highest BCUT2D eigenvalue weighted by Crippen LogP contribution is 2.41. The maximum atomic E-state index is 12.5. The average Bonchev–Trinajstić information content (AvgIpc) is 3.39. The van der Waals surface area contributed by atoms with Gasteiger partial charge in [0, 0.05) is 17.7 Å². The number of anilines is 2. The second-order valence-corrected chi connectivity index (χ2v) is 5.99. The number of aromatic amines is 1. The van der Waals surface area contributed by atoms with Gasteiger partial charge in [0.2, 0.25) is 5.95 Å². The van der Waals surface area contributed by atoms with Crippen molar-refractivity contribution in [2.24, 2.45) is 0 Å². The Bertz CT molecular complexity index is 1260. The summed E-state index contributed by atoms with van der Waals surface area (Å²) in [6.07, 6.45) is 1.48. The monoisotopic (exact) mass is 378 g/mol. The van der Waals surface area contributed by atoms with E-state index < -0.39 is 16.5 Å². The van der Waals surface area contributed by atoms with Gasteiger partial charge in [0.05, 0.1) is 11.2 Å². The third-order valence-electron chi connectivity index (χ3n) is 4.42. The lowest BCUT2D eigenvalue weighted by molar-refractivity contribution is -0.384. The third-order valence-corrected chi connectivity index (χ3v) is 4.42. The normalized spacial score (nSPS) is 14.8. The number of H-pyrrole nitrogens is 1. The molecule has 0 saturated carbocycles. The number of hydrogen-bond donors (Lipinski definition) is 2. The topological polar surface area (TPSA) is 158 Å². The quantitative estimate of drug-likeness (QED) is 0.351. The van der Waals surface area contributed by atoms with Crippen molar-refractivity contribution in [2.75, 3.05) is 5.32 Å². The molecule has 1 aromatic carbocycles. The van der Waals surface area contributed by atoms with Crippen LogP contribution in [0.3, 0.4) is 0 Å². The smallest absolute Gasteiger partial charge is 0.288 e. The molecule has 1 aliphatic rings. The molecule has 2 N–H and O–H groups in total. The molecule has 0 spiro atoms. The van der Waals surface area contributed by atoms with Crippen molar-refractivity contribution in [3.05, 3.63) is 74.3 Å². The van der Waals surface area contributed by atoms with Gasteiger partial charge < -0.3 is 9.73 Å². The minimum absolute atomic E-state index is 0.0930. The molecular formula is C16H10N8O4. The van der Waals surface area contributed by atoms with Crippen molar-refractivity contribution < 1.29 is 9.34 Å². The Balaban J connectivity index is 1.82. The molecule has 0 saturated heterocycles. The average molecular weight is 378 g/mol. The molecule has 12 heteroatoms. The minimum atomic E-state index is -0.726. The van der Waals surface area contributed by atoms with Gasteiger partial charge >= 0.3 is 0 Å². The van der Waals surface area contributed by atoms with Gasteiger partial charge in [-0.05, 0) is 28.1 Å². The predicted octanol–water partition coefficient (Wildman–Crippen LogP) is 1.62. The molecule has 1 atom stereocenters. The zero-order valence-electron chi connectivity index (χ0n) is 13.9. The van der Waals surface area contributed by atoms with E-state index >= 15 is 0 Å². The fraction of sp³-hybridized carbons (Fsp3) is 0.0625. The van der Waals surface area contributed by atoms with E-state index in [2.05, 4.69) is 31.0 Å². The Morgan fingerprint density at radius 3 is 2.93 bits per heavy atom. The molecule has 138 valence electrons. The van der Waals surface area contributed by atoms with Crippen molar-refractivity contribution in [2.45, 2.75) is 6.04 Å². The van der Waals surface area contributed by atoms with Gasteiger partial charge in [-0.2, -0.15) is 9.78 Å². The molecule has 3 aromatic heterocycles. The van der Waals surface area contributed by atoms with E-state index in [1.165, 1.54) is 23.1 Å². The number of benzene rings is 1. The first-order valence-corrected chi connectivity index (χ1v) is 8.09. The minimum Gasteiger partial charge on any atom is -0.463 e. The van der Waals surface area contributed by atoms with E-state index in [4.69, 9.17) is 4.42 Å². The Morgan fingerprint density at radius 2 is 2.14 bits per heavy atom. The molecule has 0 unspecified atom stereocenters. The maximum Gasteiger partial charge on any atom is 0.288 e. The number of furan rings is 1. The fourth-order valence-electron chi connectivity index (χ4n) is 3.26. The number of nitro benzene ring substituents is 1. The van der Waals surface area contributed by atoms with Crippen LogP contribution in [0.2, 0.25) is 0 Å². The molecule has 0 fully saturated rings. The third kappa shape index (κ3) is 2.28. The van der Waals surface area contributed by atoms with Crippen LogP contribution >= 0.6 is 0 Å². The summed E-state index contributed by atoms with van der Waals surface area (Å²) in [5.41, 5.74) is 0.953. The van der Waals surface area contributed by atoms with Gasteiger partial charge in [-0.1, -0.05) is 17.2 Å². The van der Waals surface area contributed by atoms with Gasteiger partial charge in [-0.3, -0.25) is 14.9 Å². The molecule has 5 rings (SSSR count). The van der Waals surface area contributed by atoms with Crippen molar-refractivity contribution in [3.63, 3.8) is 0 Å². The summed E-state index contributed by atoms with van der Waals surface area (Å²) < 4.78 is 6.90.